The Kier molecular flexibility index (Phi) is 3.94. The van der Waals surface area contributed by atoms with Crippen LogP contribution < -0.4 is 5.56 Å². The van der Waals surface area contributed by atoms with E-state index in [1.165, 1.54) is 22.1 Å². The third kappa shape index (κ3) is 2.55. The summed E-state index contributed by atoms with van der Waals surface area (Å²) in [5.74, 6) is 0. The molecule has 6 aromatic rings. The molecule has 2 heteroatoms. The summed E-state index contributed by atoms with van der Waals surface area (Å²) in [6.07, 6.45) is 0.856. The summed E-state index contributed by atoms with van der Waals surface area (Å²) in [6, 6.07) is 33.3. The van der Waals surface area contributed by atoms with Gasteiger partial charge in [-0.25, -0.2) is 0 Å². The van der Waals surface area contributed by atoms with E-state index < -0.39 is 0 Å². The van der Waals surface area contributed by atoms with Gasteiger partial charge in [0.2, 0.25) is 0 Å². The van der Waals surface area contributed by atoms with Crippen molar-refractivity contribution in [2.24, 2.45) is 0 Å². The molecule has 0 saturated heterocycles. The maximum Gasteiger partial charge on any atom is 0.263 e. The van der Waals surface area contributed by atoms with E-state index in [9.17, 15) is 4.79 Å². The van der Waals surface area contributed by atoms with Crippen molar-refractivity contribution < 1.29 is 0 Å². The topological polar surface area (TPSA) is 21.5 Å². The lowest BCUT2D eigenvalue weighted by Crippen LogP contribution is -2.14. The summed E-state index contributed by atoms with van der Waals surface area (Å²) in [5.41, 5.74) is 6.77. The molecule has 2 nitrogen and oxygen atoms in total. The van der Waals surface area contributed by atoms with Crippen LogP contribution in [0.3, 0.4) is 0 Å². The fraction of sp³-hybridized carbons (Fsp3) is 0.0690. The molecule has 31 heavy (non-hydrogen) atoms. The molecule has 0 bridgehead atoms. The summed E-state index contributed by atoms with van der Waals surface area (Å²) in [5, 5.41) is 4.07. The first-order valence-corrected chi connectivity index (χ1v) is 10.7. The molecule has 0 atom stereocenters. The summed E-state index contributed by atoms with van der Waals surface area (Å²) < 4.78 is 1.95. The molecule has 4 aromatic carbocycles. The molecule has 0 aliphatic rings. The van der Waals surface area contributed by atoms with Crippen LogP contribution in [0.1, 0.15) is 12.5 Å². The van der Waals surface area contributed by atoms with Gasteiger partial charge in [-0.1, -0.05) is 85.8 Å². The number of aryl methyl sites for hydroxylation is 1. The van der Waals surface area contributed by atoms with Crippen LogP contribution >= 0.6 is 0 Å². The Hall–Kier alpha value is -3.91. The average Bonchev–Trinajstić information content (AvgIpc) is 3.18. The van der Waals surface area contributed by atoms with Crippen molar-refractivity contribution in [1.82, 2.24) is 4.40 Å². The number of rotatable bonds is 3. The maximum absolute atomic E-state index is 13.7. The smallest absolute Gasteiger partial charge is 0.263 e. The normalized spacial score (nSPS) is 11.6. The predicted octanol–water partition coefficient (Wildman–Crippen LogP) is 6.94. The van der Waals surface area contributed by atoms with Crippen molar-refractivity contribution in [2.75, 3.05) is 0 Å². The van der Waals surface area contributed by atoms with E-state index in [-0.39, 0.29) is 5.56 Å². The first kappa shape index (κ1) is 17.9. The fourth-order valence-electron chi connectivity index (χ4n) is 4.97. The number of fused-ring (bicyclic) bond motifs is 2. The van der Waals surface area contributed by atoms with Crippen LogP contribution in [0.15, 0.2) is 102 Å². The Morgan fingerprint density at radius 1 is 0.613 bits per heavy atom. The van der Waals surface area contributed by atoms with E-state index in [0.717, 1.165) is 39.4 Å². The Morgan fingerprint density at radius 2 is 1.19 bits per heavy atom. The van der Waals surface area contributed by atoms with Gasteiger partial charge in [0.1, 0.15) is 0 Å². The Morgan fingerprint density at radius 3 is 1.87 bits per heavy atom. The van der Waals surface area contributed by atoms with Crippen LogP contribution in [0.25, 0.3) is 49.4 Å². The lowest BCUT2D eigenvalue weighted by atomic mass is 9.96. The molecule has 0 spiro atoms. The van der Waals surface area contributed by atoms with Gasteiger partial charge in [-0.2, -0.15) is 0 Å². The monoisotopic (exact) mass is 399 g/mol. The minimum atomic E-state index is 0.0547. The molecule has 2 heterocycles. The Balaban J connectivity index is 1.89. The van der Waals surface area contributed by atoms with Crippen LogP contribution in [-0.4, -0.2) is 4.40 Å². The lowest BCUT2D eigenvalue weighted by molar-refractivity contribution is 1.10. The predicted molar refractivity (Wildman–Crippen MR) is 130 cm³/mol. The highest BCUT2D eigenvalue weighted by atomic mass is 16.1. The average molecular weight is 399 g/mol. The van der Waals surface area contributed by atoms with E-state index in [2.05, 4.69) is 61.5 Å². The number of aromatic nitrogens is 1. The van der Waals surface area contributed by atoms with Gasteiger partial charge in [-0.15, -0.1) is 0 Å². The number of pyridine rings is 1. The first-order chi connectivity index (χ1) is 15.3. The van der Waals surface area contributed by atoms with Crippen LogP contribution in [0, 0.1) is 0 Å². The minimum Gasteiger partial charge on any atom is -0.275 e. The second-order valence-corrected chi connectivity index (χ2v) is 8.02. The first-order valence-electron chi connectivity index (χ1n) is 10.7. The SMILES string of the molecule is CCc1c(-c2ccccc2)n2c(=O)c3ccccc3c3cc(-c4ccccc4)cc1c32. The number of hydrogen-bond acceptors (Lipinski definition) is 1. The van der Waals surface area contributed by atoms with Crippen molar-refractivity contribution in [3.05, 3.63) is 113 Å². The molecule has 0 N–H and O–H groups in total. The maximum atomic E-state index is 13.7. The highest BCUT2D eigenvalue weighted by molar-refractivity contribution is 6.15. The quantitative estimate of drug-likeness (QED) is 0.295. The zero-order valence-electron chi connectivity index (χ0n) is 17.3. The zero-order chi connectivity index (χ0) is 20.9. The van der Waals surface area contributed by atoms with Gasteiger partial charge in [-0.05, 0) is 52.3 Å². The standard InChI is InChI=1S/C29H21NO/c1-2-22-25-17-21(19-11-5-3-6-12-19)18-26-23-15-9-10-16-24(23)29(31)30(28(25)26)27(22)20-13-7-4-8-14-20/h3-18H,2H2,1H3. The summed E-state index contributed by atoms with van der Waals surface area (Å²) in [6.45, 7) is 2.18. The zero-order valence-corrected chi connectivity index (χ0v) is 17.3. The molecule has 6 rings (SSSR count). The summed E-state index contributed by atoms with van der Waals surface area (Å²) in [7, 11) is 0. The van der Waals surface area contributed by atoms with Crippen LogP contribution in [0.5, 0.6) is 0 Å². The Bertz CT molecular complexity index is 1610. The van der Waals surface area contributed by atoms with Crippen molar-refractivity contribution in [1.29, 1.82) is 0 Å². The third-order valence-electron chi connectivity index (χ3n) is 6.33. The van der Waals surface area contributed by atoms with E-state index in [1.54, 1.807) is 0 Å². The molecule has 0 amide bonds. The van der Waals surface area contributed by atoms with Crippen molar-refractivity contribution >= 4 is 27.1 Å². The van der Waals surface area contributed by atoms with Gasteiger partial charge >= 0.3 is 0 Å². The second-order valence-electron chi connectivity index (χ2n) is 8.02. The lowest BCUT2D eigenvalue weighted by Gasteiger charge is -2.10. The molecule has 2 aromatic heterocycles. The fourth-order valence-corrected chi connectivity index (χ4v) is 4.97. The molecule has 0 aliphatic heterocycles. The Labute approximate surface area is 180 Å². The van der Waals surface area contributed by atoms with Gasteiger partial charge in [0.25, 0.3) is 5.56 Å². The van der Waals surface area contributed by atoms with Crippen molar-refractivity contribution in [3.8, 4) is 22.4 Å². The number of hydrogen-bond donors (Lipinski definition) is 0. The van der Waals surface area contributed by atoms with Gasteiger partial charge in [0.05, 0.1) is 11.2 Å². The van der Waals surface area contributed by atoms with Crippen LogP contribution in [-0.2, 0) is 6.42 Å². The molecule has 0 saturated carbocycles. The molecule has 148 valence electrons. The van der Waals surface area contributed by atoms with Gasteiger partial charge in [0, 0.05) is 16.2 Å². The van der Waals surface area contributed by atoms with E-state index in [4.69, 9.17) is 0 Å². The third-order valence-corrected chi connectivity index (χ3v) is 6.33. The van der Waals surface area contributed by atoms with Gasteiger partial charge < -0.3 is 0 Å². The van der Waals surface area contributed by atoms with Gasteiger partial charge in [0.15, 0.2) is 0 Å². The van der Waals surface area contributed by atoms with Crippen LogP contribution in [0.2, 0.25) is 0 Å². The molecule has 0 radical (unpaired) electrons. The molecule has 0 aliphatic carbocycles. The molecular formula is C29H21NO. The van der Waals surface area contributed by atoms with E-state index in [1.807, 2.05) is 46.9 Å². The van der Waals surface area contributed by atoms with Gasteiger partial charge in [-0.3, -0.25) is 9.20 Å². The largest absolute Gasteiger partial charge is 0.275 e. The van der Waals surface area contributed by atoms with Crippen molar-refractivity contribution in [2.45, 2.75) is 13.3 Å². The van der Waals surface area contributed by atoms with E-state index in [0.29, 0.717) is 0 Å². The molecule has 0 unspecified atom stereocenters. The summed E-state index contributed by atoms with van der Waals surface area (Å²) in [4.78, 5) is 13.7. The summed E-state index contributed by atoms with van der Waals surface area (Å²) >= 11 is 0. The van der Waals surface area contributed by atoms with Crippen molar-refractivity contribution in [3.63, 3.8) is 0 Å². The highest BCUT2D eigenvalue weighted by Gasteiger charge is 2.22. The molecule has 0 fully saturated rings. The second kappa shape index (κ2) is 6.82. The highest BCUT2D eigenvalue weighted by Crippen LogP contribution is 2.40. The number of benzene rings is 4. The minimum absolute atomic E-state index is 0.0547. The number of nitrogens with zero attached hydrogens (tertiary/aromatic N) is 1. The van der Waals surface area contributed by atoms with Crippen LogP contribution in [0.4, 0.5) is 0 Å². The molecular weight excluding hydrogens is 378 g/mol. The van der Waals surface area contributed by atoms with E-state index >= 15 is 0 Å².